The molecule has 1 fully saturated rings. The number of hydrogen-bond acceptors (Lipinski definition) is 5. The van der Waals surface area contributed by atoms with Gasteiger partial charge in [-0.15, -0.1) is 0 Å². The van der Waals surface area contributed by atoms with Gasteiger partial charge in [-0.3, -0.25) is 4.98 Å². The Morgan fingerprint density at radius 2 is 2.04 bits per heavy atom. The summed E-state index contributed by atoms with van der Waals surface area (Å²) in [5.41, 5.74) is 1.66. The molecule has 24 heavy (non-hydrogen) atoms. The van der Waals surface area contributed by atoms with E-state index in [1.807, 2.05) is 39.0 Å². The number of nitrogens with one attached hydrogen (secondary N) is 2. The predicted molar refractivity (Wildman–Crippen MR) is 91.3 cm³/mol. The number of piperidine rings is 1. The van der Waals surface area contributed by atoms with Gasteiger partial charge < -0.3 is 19.4 Å². The van der Waals surface area contributed by atoms with Crippen LogP contribution in [0.5, 0.6) is 0 Å². The van der Waals surface area contributed by atoms with Crippen LogP contribution in [0.25, 0.3) is 11.1 Å². The van der Waals surface area contributed by atoms with Gasteiger partial charge in [0.1, 0.15) is 5.60 Å². The van der Waals surface area contributed by atoms with Crippen LogP contribution in [-0.2, 0) is 4.74 Å². The zero-order chi connectivity index (χ0) is 17.3. The summed E-state index contributed by atoms with van der Waals surface area (Å²) in [6.45, 7) is 6.93. The number of ether oxygens (including phenoxy) is 1. The van der Waals surface area contributed by atoms with Gasteiger partial charge in [0.05, 0.1) is 5.52 Å². The van der Waals surface area contributed by atoms with E-state index in [0.717, 1.165) is 18.5 Å². The van der Waals surface area contributed by atoms with E-state index in [9.17, 15) is 9.59 Å². The smallest absolute Gasteiger partial charge is 0.417 e. The average Bonchev–Trinajstić information content (AvgIpc) is 2.85. The molecule has 3 rings (SSSR count). The predicted octanol–water partition coefficient (Wildman–Crippen LogP) is 2.93. The Labute approximate surface area is 140 Å². The SMILES string of the molecule is CC(C)(C)OC(=O)N1CCC(Nc2ccc3[nH]c(=O)oc3c2)CC1. The number of hydrogen-bond donors (Lipinski definition) is 2. The molecular weight excluding hydrogens is 310 g/mol. The lowest BCUT2D eigenvalue weighted by Crippen LogP contribution is -2.44. The van der Waals surface area contributed by atoms with Crippen molar-refractivity contribution in [2.24, 2.45) is 0 Å². The van der Waals surface area contributed by atoms with Crippen molar-refractivity contribution < 1.29 is 13.9 Å². The maximum absolute atomic E-state index is 12.1. The fourth-order valence-corrected chi connectivity index (χ4v) is 2.80. The van der Waals surface area contributed by atoms with E-state index in [-0.39, 0.29) is 12.1 Å². The molecule has 0 radical (unpaired) electrons. The number of anilines is 1. The zero-order valence-corrected chi connectivity index (χ0v) is 14.2. The number of H-pyrrole nitrogens is 1. The molecule has 0 aliphatic carbocycles. The second kappa shape index (κ2) is 6.22. The Morgan fingerprint density at radius 1 is 1.33 bits per heavy atom. The van der Waals surface area contributed by atoms with Gasteiger partial charge in [-0.1, -0.05) is 0 Å². The van der Waals surface area contributed by atoms with Gasteiger partial charge in [-0.2, -0.15) is 0 Å². The standard InChI is InChI=1S/C17H23N3O4/c1-17(2,3)24-16(22)20-8-6-11(7-9-20)18-12-4-5-13-14(10-12)23-15(21)19-13/h4-5,10-11,18H,6-9H2,1-3H3,(H,19,21). The molecule has 1 aliphatic rings. The van der Waals surface area contributed by atoms with E-state index in [4.69, 9.17) is 9.15 Å². The third-order valence-electron chi connectivity index (χ3n) is 3.94. The molecule has 0 bridgehead atoms. The van der Waals surface area contributed by atoms with Crippen molar-refractivity contribution >= 4 is 22.9 Å². The molecule has 2 aromatic rings. The lowest BCUT2D eigenvalue weighted by atomic mass is 10.0. The van der Waals surface area contributed by atoms with E-state index in [0.29, 0.717) is 24.2 Å². The first kappa shape index (κ1) is 16.4. The Balaban J connectivity index is 1.56. The second-order valence-corrected chi connectivity index (χ2v) is 7.11. The quantitative estimate of drug-likeness (QED) is 0.882. The van der Waals surface area contributed by atoms with Crippen molar-refractivity contribution in [3.05, 3.63) is 28.7 Å². The number of aromatic amines is 1. The molecule has 0 saturated carbocycles. The highest BCUT2D eigenvalue weighted by Gasteiger charge is 2.26. The van der Waals surface area contributed by atoms with E-state index >= 15 is 0 Å². The Kier molecular flexibility index (Phi) is 4.26. The van der Waals surface area contributed by atoms with E-state index < -0.39 is 11.4 Å². The van der Waals surface area contributed by atoms with E-state index in [2.05, 4.69) is 10.3 Å². The van der Waals surface area contributed by atoms with Gasteiger partial charge in [-0.05, 0) is 45.7 Å². The maximum atomic E-state index is 12.1. The van der Waals surface area contributed by atoms with Crippen LogP contribution in [0.2, 0.25) is 0 Å². The molecule has 0 atom stereocenters. The average molecular weight is 333 g/mol. The molecule has 1 aromatic heterocycles. The number of amides is 1. The Bertz CT molecular complexity index is 779. The monoisotopic (exact) mass is 333 g/mol. The summed E-state index contributed by atoms with van der Waals surface area (Å²) in [6.07, 6.45) is 1.43. The van der Waals surface area contributed by atoms with Gasteiger partial charge in [0, 0.05) is 30.9 Å². The highest BCUT2D eigenvalue weighted by molar-refractivity contribution is 5.76. The summed E-state index contributed by atoms with van der Waals surface area (Å²) >= 11 is 0. The lowest BCUT2D eigenvalue weighted by Gasteiger charge is -2.34. The maximum Gasteiger partial charge on any atom is 0.417 e. The number of rotatable bonds is 2. The summed E-state index contributed by atoms with van der Waals surface area (Å²) in [5, 5.41) is 3.44. The van der Waals surface area contributed by atoms with Crippen LogP contribution >= 0.6 is 0 Å². The van der Waals surface area contributed by atoms with Crippen molar-refractivity contribution in [1.29, 1.82) is 0 Å². The number of oxazole rings is 1. The zero-order valence-electron chi connectivity index (χ0n) is 14.2. The molecule has 0 unspecified atom stereocenters. The third kappa shape index (κ3) is 3.90. The summed E-state index contributed by atoms with van der Waals surface area (Å²) < 4.78 is 10.5. The fourth-order valence-electron chi connectivity index (χ4n) is 2.80. The number of benzene rings is 1. The highest BCUT2D eigenvalue weighted by atomic mass is 16.6. The largest absolute Gasteiger partial charge is 0.444 e. The minimum atomic E-state index is -0.470. The number of carbonyl (C=O) groups is 1. The van der Waals surface area contributed by atoms with Crippen LogP contribution in [0.3, 0.4) is 0 Å². The van der Waals surface area contributed by atoms with Gasteiger partial charge in [0.2, 0.25) is 0 Å². The molecule has 1 aliphatic heterocycles. The van der Waals surface area contributed by atoms with Crippen LogP contribution in [0.1, 0.15) is 33.6 Å². The number of aromatic nitrogens is 1. The van der Waals surface area contributed by atoms with Crippen LogP contribution in [0.15, 0.2) is 27.4 Å². The lowest BCUT2D eigenvalue weighted by molar-refractivity contribution is 0.0210. The van der Waals surface area contributed by atoms with Gasteiger partial charge >= 0.3 is 11.8 Å². The van der Waals surface area contributed by atoms with E-state index in [1.165, 1.54) is 0 Å². The Morgan fingerprint density at radius 3 is 2.71 bits per heavy atom. The summed E-state index contributed by atoms with van der Waals surface area (Å²) in [7, 11) is 0. The summed E-state index contributed by atoms with van der Waals surface area (Å²) in [4.78, 5) is 27.6. The van der Waals surface area contributed by atoms with Crippen molar-refractivity contribution in [3.8, 4) is 0 Å². The number of likely N-dealkylation sites (tertiary alicyclic amines) is 1. The first-order chi connectivity index (χ1) is 11.3. The molecule has 0 spiro atoms. The Hall–Kier alpha value is -2.44. The first-order valence-electron chi connectivity index (χ1n) is 8.17. The first-order valence-corrected chi connectivity index (χ1v) is 8.17. The second-order valence-electron chi connectivity index (χ2n) is 7.11. The van der Waals surface area contributed by atoms with Crippen LogP contribution < -0.4 is 11.1 Å². The van der Waals surface area contributed by atoms with Gasteiger partial charge in [-0.25, -0.2) is 9.59 Å². The molecule has 1 saturated heterocycles. The van der Waals surface area contributed by atoms with E-state index in [1.54, 1.807) is 4.90 Å². The molecular formula is C17H23N3O4. The van der Waals surface area contributed by atoms with Crippen molar-refractivity contribution in [3.63, 3.8) is 0 Å². The molecule has 130 valence electrons. The fraction of sp³-hybridized carbons (Fsp3) is 0.529. The number of nitrogens with zero attached hydrogens (tertiary/aromatic N) is 1. The minimum Gasteiger partial charge on any atom is -0.444 e. The van der Waals surface area contributed by atoms with Crippen LogP contribution in [-0.4, -0.2) is 40.7 Å². The number of carbonyl (C=O) groups excluding carboxylic acids is 1. The van der Waals surface area contributed by atoms with Gasteiger partial charge in [0.15, 0.2) is 5.58 Å². The summed E-state index contributed by atoms with van der Waals surface area (Å²) in [6, 6.07) is 5.81. The van der Waals surface area contributed by atoms with Crippen LogP contribution in [0, 0.1) is 0 Å². The topological polar surface area (TPSA) is 87.6 Å². The van der Waals surface area contributed by atoms with Crippen molar-refractivity contribution in [1.82, 2.24) is 9.88 Å². The molecule has 7 heteroatoms. The molecule has 2 heterocycles. The van der Waals surface area contributed by atoms with Crippen LogP contribution in [0.4, 0.5) is 10.5 Å². The normalized spacial score (nSPS) is 16.4. The summed E-state index contributed by atoms with van der Waals surface area (Å²) in [5.74, 6) is -0.451. The van der Waals surface area contributed by atoms with Crippen molar-refractivity contribution in [2.75, 3.05) is 18.4 Å². The molecule has 7 nitrogen and oxygen atoms in total. The number of fused-ring (bicyclic) bond motifs is 1. The molecule has 1 aromatic carbocycles. The van der Waals surface area contributed by atoms with Crippen molar-refractivity contribution in [2.45, 2.75) is 45.3 Å². The van der Waals surface area contributed by atoms with Gasteiger partial charge in [0.25, 0.3) is 0 Å². The molecule has 2 N–H and O–H groups in total. The molecule has 1 amide bonds. The highest BCUT2D eigenvalue weighted by Crippen LogP contribution is 2.21. The third-order valence-corrected chi connectivity index (χ3v) is 3.94. The minimum absolute atomic E-state index is 0.253.